The molecule has 0 aliphatic carbocycles. The maximum Gasteiger partial charge on any atom is 0.313 e. The summed E-state index contributed by atoms with van der Waals surface area (Å²) >= 11 is 0. The third-order valence-electron chi connectivity index (χ3n) is 3.02. The molecular formula is C14H14N4O6. The lowest BCUT2D eigenvalue weighted by Gasteiger charge is -2.11. The Kier molecular flexibility index (Phi) is 5.00. The lowest BCUT2D eigenvalue weighted by molar-refractivity contribution is -0.386. The van der Waals surface area contributed by atoms with E-state index in [2.05, 4.69) is 0 Å². The number of para-hydroxylation sites is 2. The summed E-state index contributed by atoms with van der Waals surface area (Å²) in [6, 6.07) is 8.31. The number of rotatable bonds is 7. The zero-order chi connectivity index (χ0) is 17.7. The van der Waals surface area contributed by atoms with Crippen LogP contribution in [0.4, 0.5) is 22.7 Å². The highest BCUT2D eigenvalue weighted by Crippen LogP contribution is 2.34. The van der Waals surface area contributed by atoms with E-state index in [-0.39, 0.29) is 47.5 Å². The maximum atomic E-state index is 10.9. The predicted molar refractivity (Wildman–Crippen MR) is 86.0 cm³/mol. The molecule has 0 atom stereocenters. The lowest BCUT2D eigenvalue weighted by Crippen LogP contribution is -2.12. The largest absolute Gasteiger partial charge is 0.482 e. The van der Waals surface area contributed by atoms with Gasteiger partial charge in [-0.05, 0) is 12.1 Å². The first-order chi connectivity index (χ1) is 11.4. The molecule has 0 amide bonds. The molecule has 0 radical (unpaired) electrons. The van der Waals surface area contributed by atoms with E-state index >= 15 is 0 Å². The van der Waals surface area contributed by atoms with Crippen molar-refractivity contribution in [2.75, 3.05) is 24.7 Å². The van der Waals surface area contributed by atoms with Crippen LogP contribution in [0.3, 0.4) is 0 Å². The van der Waals surface area contributed by atoms with Gasteiger partial charge in [-0.2, -0.15) is 0 Å². The van der Waals surface area contributed by atoms with Gasteiger partial charge in [0.25, 0.3) is 0 Å². The van der Waals surface area contributed by atoms with Crippen LogP contribution >= 0.6 is 0 Å². The van der Waals surface area contributed by atoms with Crippen molar-refractivity contribution in [3.8, 4) is 11.5 Å². The number of nitro benzene ring substituents is 2. The molecule has 0 aliphatic heterocycles. The third kappa shape index (κ3) is 3.61. The fourth-order valence-electron chi connectivity index (χ4n) is 1.97. The summed E-state index contributed by atoms with van der Waals surface area (Å²) in [6.07, 6.45) is 0. The van der Waals surface area contributed by atoms with Gasteiger partial charge in [0, 0.05) is 12.1 Å². The molecule has 2 aromatic rings. The molecule has 0 heterocycles. The summed E-state index contributed by atoms with van der Waals surface area (Å²) in [7, 11) is 0. The molecule has 0 saturated carbocycles. The fourth-order valence-corrected chi connectivity index (χ4v) is 1.97. The van der Waals surface area contributed by atoms with Crippen molar-refractivity contribution in [1.82, 2.24) is 0 Å². The van der Waals surface area contributed by atoms with Crippen LogP contribution in [0.1, 0.15) is 0 Å². The first-order valence-electron chi connectivity index (χ1n) is 6.73. The van der Waals surface area contributed by atoms with Crippen molar-refractivity contribution in [2.45, 2.75) is 0 Å². The quantitative estimate of drug-likeness (QED) is 0.337. The van der Waals surface area contributed by atoms with Crippen LogP contribution in [0, 0.1) is 20.2 Å². The molecule has 0 aliphatic rings. The number of ether oxygens (including phenoxy) is 2. The van der Waals surface area contributed by atoms with E-state index in [4.69, 9.17) is 20.9 Å². The number of nitrogen functional groups attached to an aromatic ring is 2. The van der Waals surface area contributed by atoms with Crippen molar-refractivity contribution in [3.63, 3.8) is 0 Å². The standard InChI is InChI=1S/C14H14N4O6/c15-9-3-1-5-11(17(19)20)13(9)23-7-8-24-14-10(16)4-2-6-12(14)18(21)22/h1-6H,7-8,15-16H2. The maximum absolute atomic E-state index is 10.9. The first-order valence-corrected chi connectivity index (χ1v) is 6.73. The van der Waals surface area contributed by atoms with E-state index in [0.717, 1.165) is 0 Å². The summed E-state index contributed by atoms with van der Waals surface area (Å²) in [4.78, 5) is 20.6. The van der Waals surface area contributed by atoms with Crippen molar-refractivity contribution in [3.05, 3.63) is 56.6 Å². The Balaban J connectivity index is 2.05. The second kappa shape index (κ2) is 7.13. The molecule has 0 bridgehead atoms. The number of nitro groups is 2. The summed E-state index contributed by atoms with van der Waals surface area (Å²) in [5, 5.41) is 21.9. The smallest absolute Gasteiger partial charge is 0.313 e. The van der Waals surface area contributed by atoms with Gasteiger partial charge in [-0.1, -0.05) is 12.1 Å². The predicted octanol–water partition coefficient (Wildman–Crippen LogP) is 2.13. The molecule has 126 valence electrons. The third-order valence-corrected chi connectivity index (χ3v) is 3.02. The van der Waals surface area contributed by atoms with Crippen LogP contribution in [-0.2, 0) is 0 Å². The van der Waals surface area contributed by atoms with Gasteiger partial charge in [0.15, 0.2) is 0 Å². The molecule has 0 aromatic heterocycles. The number of anilines is 2. The Labute approximate surface area is 135 Å². The van der Waals surface area contributed by atoms with Gasteiger partial charge in [-0.15, -0.1) is 0 Å². The average molecular weight is 334 g/mol. The first kappa shape index (κ1) is 16.8. The van der Waals surface area contributed by atoms with Gasteiger partial charge in [0.2, 0.25) is 11.5 Å². The minimum absolute atomic E-state index is 0.0818. The second-order valence-electron chi connectivity index (χ2n) is 4.60. The van der Waals surface area contributed by atoms with E-state index in [9.17, 15) is 20.2 Å². The number of nitrogens with two attached hydrogens (primary N) is 2. The van der Waals surface area contributed by atoms with Crippen LogP contribution in [0.5, 0.6) is 11.5 Å². The SMILES string of the molecule is Nc1cccc([N+](=O)[O-])c1OCCOc1c(N)cccc1[N+](=O)[O-]. The minimum atomic E-state index is -0.618. The molecule has 0 saturated heterocycles. The number of hydrogen-bond donors (Lipinski definition) is 2. The van der Waals surface area contributed by atoms with Gasteiger partial charge < -0.3 is 20.9 Å². The average Bonchev–Trinajstić information content (AvgIpc) is 2.53. The van der Waals surface area contributed by atoms with Gasteiger partial charge in [0.1, 0.15) is 13.2 Å². The molecule has 24 heavy (non-hydrogen) atoms. The van der Waals surface area contributed by atoms with E-state index in [0.29, 0.717) is 0 Å². The van der Waals surface area contributed by atoms with Crippen molar-refractivity contribution >= 4 is 22.7 Å². The van der Waals surface area contributed by atoms with Crippen molar-refractivity contribution in [1.29, 1.82) is 0 Å². The van der Waals surface area contributed by atoms with Crippen LogP contribution in [0.2, 0.25) is 0 Å². The summed E-state index contributed by atoms with van der Waals surface area (Å²) < 4.78 is 10.6. The lowest BCUT2D eigenvalue weighted by atomic mass is 10.2. The molecule has 0 spiro atoms. The summed E-state index contributed by atoms with van der Waals surface area (Å²) in [5.41, 5.74) is 11.0. The van der Waals surface area contributed by atoms with Crippen molar-refractivity contribution in [2.24, 2.45) is 0 Å². The molecule has 2 rings (SSSR count). The van der Waals surface area contributed by atoms with Gasteiger partial charge >= 0.3 is 11.4 Å². The van der Waals surface area contributed by atoms with E-state index in [1.165, 1.54) is 36.4 Å². The molecule has 10 heteroatoms. The van der Waals surface area contributed by atoms with E-state index in [1.54, 1.807) is 0 Å². The highest BCUT2D eigenvalue weighted by Gasteiger charge is 2.19. The van der Waals surface area contributed by atoms with Gasteiger partial charge in [-0.25, -0.2) is 0 Å². The summed E-state index contributed by atoms with van der Waals surface area (Å²) in [6.45, 7) is -0.221. The summed E-state index contributed by atoms with van der Waals surface area (Å²) in [5.74, 6) is -0.164. The molecule has 2 aromatic carbocycles. The monoisotopic (exact) mass is 334 g/mol. The number of benzene rings is 2. The molecule has 0 unspecified atom stereocenters. The fraction of sp³-hybridized carbons (Fsp3) is 0.143. The van der Waals surface area contributed by atoms with Crippen LogP contribution in [0.25, 0.3) is 0 Å². The Bertz CT molecular complexity index is 714. The van der Waals surface area contributed by atoms with Crippen LogP contribution in [-0.4, -0.2) is 23.1 Å². The highest BCUT2D eigenvalue weighted by molar-refractivity contribution is 5.64. The Morgan fingerprint density at radius 2 is 1.17 bits per heavy atom. The molecule has 0 fully saturated rings. The Hall–Kier alpha value is -3.56. The number of hydrogen-bond acceptors (Lipinski definition) is 8. The highest BCUT2D eigenvalue weighted by atomic mass is 16.6. The van der Waals surface area contributed by atoms with Gasteiger partial charge in [-0.3, -0.25) is 20.2 Å². The molecular weight excluding hydrogens is 320 g/mol. The van der Waals surface area contributed by atoms with Crippen LogP contribution in [0.15, 0.2) is 36.4 Å². The van der Waals surface area contributed by atoms with Crippen LogP contribution < -0.4 is 20.9 Å². The minimum Gasteiger partial charge on any atom is -0.482 e. The number of nitrogens with zero attached hydrogens (tertiary/aromatic N) is 2. The zero-order valence-electron chi connectivity index (χ0n) is 12.4. The van der Waals surface area contributed by atoms with Crippen molar-refractivity contribution < 1.29 is 19.3 Å². The molecule has 10 nitrogen and oxygen atoms in total. The topological polar surface area (TPSA) is 157 Å². The normalized spacial score (nSPS) is 10.2. The van der Waals surface area contributed by atoms with E-state index in [1.807, 2.05) is 0 Å². The molecule has 4 N–H and O–H groups in total. The van der Waals surface area contributed by atoms with Gasteiger partial charge in [0.05, 0.1) is 21.2 Å². The Morgan fingerprint density at radius 3 is 1.50 bits per heavy atom. The van der Waals surface area contributed by atoms with E-state index < -0.39 is 9.85 Å². The Morgan fingerprint density at radius 1 is 0.792 bits per heavy atom. The zero-order valence-corrected chi connectivity index (χ0v) is 12.4. The second-order valence-corrected chi connectivity index (χ2v) is 4.60.